The molecule has 2 aromatic heterocycles. The summed E-state index contributed by atoms with van der Waals surface area (Å²) in [7, 11) is 0. The first-order valence-corrected chi connectivity index (χ1v) is 8.53. The van der Waals surface area contributed by atoms with Gasteiger partial charge in [-0.3, -0.25) is 0 Å². The molecule has 0 fully saturated rings. The second kappa shape index (κ2) is 6.15. The molecule has 3 aromatic rings. The Morgan fingerprint density at radius 3 is 2.33 bits per heavy atom. The lowest BCUT2D eigenvalue weighted by atomic mass is 10.2. The molecule has 7 nitrogen and oxygen atoms in total. The van der Waals surface area contributed by atoms with E-state index in [9.17, 15) is 35.5 Å². The summed E-state index contributed by atoms with van der Waals surface area (Å²) in [6.07, 6.45) is -15.4. The lowest BCUT2D eigenvalue weighted by molar-refractivity contribution is -0.391. The molecule has 0 N–H and O–H groups in total. The van der Waals surface area contributed by atoms with Gasteiger partial charge >= 0.3 is 24.2 Å². The number of halogens is 8. The fourth-order valence-electron chi connectivity index (χ4n) is 2.81. The molecular formula is C15H6BrF7N2O5. The van der Waals surface area contributed by atoms with Gasteiger partial charge in [-0.2, -0.15) is 30.7 Å². The number of fused-ring (bicyclic) bond motifs is 3. The highest BCUT2D eigenvalue weighted by Crippen LogP contribution is 2.52. The standard InChI is InChI=1S/C15H6BrF7N2O5/c1-4-7(28-12(26)27-4)3-25-9-8(24-11(25)13(17,18)19)5(16)2-6-10(9)30-15(22,23)14(20,21)29-6/h2H,3H2,1H3. The highest BCUT2D eigenvalue weighted by atomic mass is 79.9. The zero-order valence-electron chi connectivity index (χ0n) is 14.2. The quantitative estimate of drug-likeness (QED) is 0.469. The minimum atomic E-state index is -5.19. The van der Waals surface area contributed by atoms with Crippen molar-refractivity contribution in [1.82, 2.24) is 9.55 Å². The van der Waals surface area contributed by atoms with Crippen molar-refractivity contribution in [2.75, 3.05) is 0 Å². The van der Waals surface area contributed by atoms with Crippen LogP contribution >= 0.6 is 15.9 Å². The van der Waals surface area contributed by atoms with Crippen LogP contribution in [0.4, 0.5) is 30.7 Å². The molecule has 162 valence electrons. The predicted octanol–water partition coefficient (Wildman–Crippen LogP) is 4.68. The maximum atomic E-state index is 13.7. The van der Waals surface area contributed by atoms with Gasteiger partial charge in [-0.1, -0.05) is 0 Å². The highest BCUT2D eigenvalue weighted by molar-refractivity contribution is 9.10. The molecule has 4 rings (SSSR count). The fourth-order valence-corrected chi connectivity index (χ4v) is 3.29. The van der Waals surface area contributed by atoms with Crippen LogP contribution in [-0.2, 0) is 12.7 Å². The number of ether oxygens (including phenoxy) is 2. The molecule has 1 aromatic carbocycles. The summed E-state index contributed by atoms with van der Waals surface area (Å²) in [4.78, 5) is 14.6. The molecular weight excluding hydrogens is 501 g/mol. The Kier molecular flexibility index (Phi) is 4.21. The number of nitrogens with zero attached hydrogens (tertiary/aromatic N) is 2. The van der Waals surface area contributed by atoms with E-state index in [0.29, 0.717) is 4.57 Å². The molecule has 0 spiro atoms. The Morgan fingerprint density at radius 1 is 1.13 bits per heavy atom. The fraction of sp³-hybridized carbons (Fsp3) is 0.333. The second-order valence-corrected chi connectivity index (χ2v) is 6.93. The van der Waals surface area contributed by atoms with Crippen molar-refractivity contribution < 1.29 is 49.0 Å². The van der Waals surface area contributed by atoms with E-state index in [1.54, 1.807) is 0 Å². The molecule has 1 aliphatic heterocycles. The SMILES string of the molecule is Cc1oc(=O)oc1Cn1c(C(F)(F)F)nc2c(Br)cc3c(c21)OC(F)(F)C(F)(F)O3. The third kappa shape index (κ3) is 3.02. The average molecular weight is 507 g/mol. The van der Waals surface area contributed by atoms with Crippen molar-refractivity contribution in [3.8, 4) is 11.5 Å². The molecule has 0 unspecified atom stereocenters. The molecule has 15 heteroatoms. The van der Waals surface area contributed by atoms with Crippen LogP contribution in [-0.4, -0.2) is 21.8 Å². The third-order valence-corrected chi connectivity index (χ3v) is 4.69. The van der Waals surface area contributed by atoms with Crippen molar-refractivity contribution in [3.05, 3.63) is 38.5 Å². The average Bonchev–Trinajstić information content (AvgIpc) is 3.10. The predicted molar refractivity (Wildman–Crippen MR) is 84.7 cm³/mol. The summed E-state index contributed by atoms with van der Waals surface area (Å²) in [6.45, 7) is 0.351. The van der Waals surface area contributed by atoms with Crippen LogP contribution in [0.5, 0.6) is 11.5 Å². The number of imidazole rings is 1. The lowest BCUT2D eigenvalue weighted by Gasteiger charge is -2.32. The van der Waals surface area contributed by atoms with Crippen molar-refractivity contribution >= 4 is 27.0 Å². The van der Waals surface area contributed by atoms with E-state index in [1.807, 2.05) is 0 Å². The van der Waals surface area contributed by atoms with Gasteiger partial charge in [-0.05, 0) is 22.9 Å². The van der Waals surface area contributed by atoms with Crippen molar-refractivity contribution in [2.24, 2.45) is 0 Å². The second-order valence-electron chi connectivity index (χ2n) is 6.07. The van der Waals surface area contributed by atoms with Gasteiger partial charge in [-0.25, -0.2) is 9.78 Å². The highest BCUT2D eigenvalue weighted by Gasteiger charge is 2.66. The van der Waals surface area contributed by atoms with Crippen LogP contribution < -0.4 is 15.3 Å². The van der Waals surface area contributed by atoms with Crippen molar-refractivity contribution in [2.45, 2.75) is 31.9 Å². The Morgan fingerprint density at radius 2 is 1.77 bits per heavy atom. The number of alkyl halides is 7. The first-order chi connectivity index (χ1) is 13.7. The van der Waals surface area contributed by atoms with E-state index in [1.165, 1.54) is 6.92 Å². The van der Waals surface area contributed by atoms with E-state index >= 15 is 0 Å². The van der Waals surface area contributed by atoms with Gasteiger partial charge in [0.25, 0.3) is 0 Å². The smallest absolute Gasteiger partial charge is 0.421 e. The number of benzene rings is 1. The van der Waals surface area contributed by atoms with Crippen LogP contribution in [0.3, 0.4) is 0 Å². The molecule has 0 amide bonds. The van der Waals surface area contributed by atoms with Crippen molar-refractivity contribution in [1.29, 1.82) is 0 Å². The molecule has 0 atom stereocenters. The van der Waals surface area contributed by atoms with Gasteiger partial charge in [0.1, 0.15) is 16.8 Å². The largest absolute Gasteiger partial charge is 0.519 e. The number of aryl methyl sites for hydroxylation is 1. The molecule has 0 bridgehead atoms. The number of hydrogen-bond donors (Lipinski definition) is 0. The van der Waals surface area contributed by atoms with E-state index in [4.69, 9.17) is 0 Å². The van der Waals surface area contributed by atoms with Gasteiger partial charge < -0.3 is 22.9 Å². The minimum Gasteiger partial charge on any atom is -0.421 e. The third-order valence-electron chi connectivity index (χ3n) is 4.09. The van der Waals surface area contributed by atoms with Gasteiger partial charge in [-0.15, -0.1) is 0 Å². The molecule has 0 aliphatic carbocycles. The van der Waals surface area contributed by atoms with E-state index < -0.39 is 59.1 Å². The normalized spacial score (nSPS) is 17.5. The van der Waals surface area contributed by atoms with Gasteiger partial charge in [0.05, 0.1) is 6.54 Å². The van der Waals surface area contributed by atoms with E-state index in [2.05, 4.69) is 39.2 Å². The Hall–Kier alpha value is -2.71. The van der Waals surface area contributed by atoms with Crippen LogP contribution in [0.25, 0.3) is 11.0 Å². The summed E-state index contributed by atoms with van der Waals surface area (Å²) >= 11 is 2.86. The molecule has 0 radical (unpaired) electrons. The Bertz CT molecular complexity index is 1230. The topological polar surface area (TPSA) is 79.6 Å². The molecule has 0 saturated carbocycles. The maximum absolute atomic E-state index is 13.7. The first kappa shape index (κ1) is 20.6. The Labute approximate surface area is 168 Å². The number of rotatable bonds is 2. The zero-order chi connectivity index (χ0) is 22.2. The summed E-state index contributed by atoms with van der Waals surface area (Å²) in [5.41, 5.74) is -1.28. The van der Waals surface area contributed by atoms with E-state index in [0.717, 1.165) is 6.07 Å². The molecule has 1 aliphatic rings. The summed E-state index contributed by atoms with van der Waals surface area (Å²) < 4.78 is 113. The number of aromatic nitrogens is 2. The van der Waals surface area contributed by atoms with Crippen LogP contribution in [0, 0.1) is 6.92 Å². The summed E-state index contributed by atoms with van der Waals surface area (Å²) in [5.74, 6) is -5.44. The summed E-state index contributed by atoms with van der Waals surface area (Å²) in [5, 5.41) is 0. The molecule has 3 heterocycles. The molecule has 0 saturated heterocycles. The zero-order valence-corrected chi connectivity index (χ0v) is 15.8. The van der Waals surface area contributed by atoms with Crippen LogP contribution in [0.1, 0.15) is 17.3 Å². The monoisotopic (exact) mass is 506 g/mol. The van der Waals surface area contributed by atoms with Gasteiger partial charge in [0.15, 0.2) is 17.3 Å². The van der Waals surface area contributed by atoms with Crippen molar-refractivity contribution in [3.63, 3.8) is 0 Å². The van der Waals surface area contributed by atoms with Crippen LogP contribution in [0.2, 0.25) is 0 Å². The Balaban J connectivity index is 2.05. The van der Waals surface area contributed by atoms with E-state index in [-0.39, 0.29) is 16.0 Å². The number of hydrogen-bond acceptors (Lipinski definition) is 6. The van der Waals surface area contributed by atoms with Crippen LogP contribution in [0.15, 0.2) is 24.2 Å². The van der Waals surface area contributed by atoms with Gasteiger partial charge in [0, 0.05) is 10.5 Å². The summed E-state index contributed by atoms with van der Waals surface area (Å²) in [6, 6.07) is 0.724. The van der Waals surface area contributed by atoms with Gasteiger partial charge in [0.2, 0.25) is 5.82 Å². The first-order valence-electron chi connectivity index (χ1n) is 7.74. The minimum absolute atomic E-state index is 0.187. The molecule has 30 heavy (non-hydrogen) atoms. The maximum Gasteiger partial charge on any atom is 0.519 e. The lowest BCUT2D eigenvalue weighted by Crippen LogP contribution is -2.52.